The van der Waals surface area contributed by atoms with Crippen LogP contribution in [0.4, 0.5) is 0 Å². The molecule has 3 heterocycles. The molecule has 38 heavy (non-hydrogen) atoms. The third-order valence-corrected chi connectivity index (χ3v) is 12.9. The molecule has 7 rings (SSSR count). The van der Waals surface area contributed by atoms with Gasteiger partial charge in [-0.1, -0.05) is 13.8 Å². The van der Waals surface area contributed by atoms with Crippen molar-refractivity contribution in [3.8, 4) is 0 Å². The number of piperidine rings is 2. The number of rotatable bonds is 0. The highest BCUT2D eigenvalue weighted by atomic mass is 35.5. The van der Waals surface area contributed by atoms with Crippen LogP contribution in [0, 0.1) is 40.9 Å². The predicted molar refractivity (Wildman–Crippen MR) is 135 cm³/mol. The quantitative estimate of drug-likeness (QED) is 0.175. The van der Waals surface area contributed by atoms with Gasteiger partial charge in [0.05, 0.1) is 35.4 Å². The van der Waals surface area contributed by atoms with E-state index < -0.39 is 88.1 Å². The van der Waals surface area contributed by atoms with E-state index in [4.69, 9.17) is 4.74 Å². The molecule has 11 heteroatoms. The lowest BCUT2D eigenvalue weighted by molar-refractivity contribution is -0.296. The maximum atomic E-state index is 12.5. The van der Waals surface area contributed by atoms with E-state index in [1.54, 1.807) is 6.92 Å². The molecule has 0 aromatic heterocycles. The van der Waals surface area contributed by atoms with Gasteiger partial charge in [0, 0.05) is 36.4 Å². The number of fused-ring (bicyclic) bond motifs is 5. The zero-order valence-corrected chi connectivity index (χ0v) is 23.0. The number of nitrogens with zero attached hydrogens (tertiary/aromatic N) is 1. The molecule has 3 saturated heterocycles. The van der Waals surface area contributed by atoms with Crippen LogP contribution in [0.25, 0.3) is 0 Å². The van der Waals surface area contributed by atoms with Gasteiger partial charge in [-0.2, -0.15) is 0 Å². The maximum Gasteiger partial charge on any atom is 0.198 e. The zero-order valence-electron chi connectivity index (χ0n) is 22.2. The average Bonchev–Trinajstić information content (AvgIpc) is 3.13. The smallest absolute Gasteiger partial charge is 0.198 e. The number of aliphatic hydroxyl groups excluding tert-OH is 5. The lowest BCUT2D eigenvalue weighted by Crippen LogP contribution is -2.77. The molecule has 4 aliphatic carbocycles. The highest BCUT2D eigenvalue weighted by molar-refractivity contribution is 5.85. The Morgan fingerprint density at radius 3 is 2.18 bits per heavy atom. The largest absolute Gasteiger partial charge is 0.390 e. The molecule has 0 aromatic carbocycles. The minimum absolute atomic E-state index is 0. The second kappa shape index (κ2) is 8.04. The third kappa shape index (κ3) is 2.80. The summed E-state index contributed by atoms with van der Waals surface area (Å²) in [5.74, 6) is -5.64. The van der Waals surface area contributed by atoms with Gasteiger partial charge < -0.3 is 45.6 Å². The van der Waals surface area contributed by atoms with Crippen LogP contribution >= 0.6 is 12.4 Å². The molecule has 0 aromatic rings. The van der Waals surface area contributed by atoms with Gasteiger partial charge >= 0.3 is 0 Å². The fourth-order valence-electron chi connectivity index (χ4n) is 11.4. The number of halogens is 1. The molecule has 1 spiro atoms. The summed E-state index contributed by atoms with van der Waals surface area (Å²) in [6, 6.07) is -0.174. The highest BCUT2D eigenvalue weighted by Crippen LogP contribution is 2.76. The van der Waals surface area contributed by atoms with Crippen molar-refractivity contribution in [3.05, 3.63) is 0 Å². The molecule has 8 N–H and O–H groups in total. The fourth-order valence-corrected chi connectivity index (χ4v) is 11.4. The Morgan fingerprint density at radius 2 is 1.50 bits per heavy atom. The molecule has 3 aliphatic heterocycles. The topological polar surface area (TPSA) is 174 Å². The van der Waals surface area contributed by atoms with Gasteiger partial charge in [0.1, 0.15) is 17.8 Å². The molecule has 4 saturated carbocycles. The van der Waals surface area contributed by atoms with Crippen molar-refractivity contribution in [3.63, 3.8) is 0 Å². The third-order valence-electron chi connectivity index (χ3n) is 12.9. The Balaban J connectivity index is 0.00000264. The summed E-state index contributed by atoms with van der Waals surface area (Å²) >= 11 is 0. The van der Waals surface area contributed by atoms with E-state index in [0.717, 1.165) is 19.4 Å². The van der Waals surface area contributed by atoms with Gasteiger partial charge in [0.15, 0.2) is 5.79 Å². The van der Waals surface area contributed by atoms with Gasteiger partial charge in [-0.05, 0) is 56.8 Å². The van der Waals surface area contributed by atoms with E-state index in [1.165, 1.54) is 0 Å². The zero-order chi connectivity index (χ0) is 26.7. The second-order valence-electron chi connectivity index (χ2n) is 14.4. The maximum absolute atomic E-state index is 12.5. The second-order valence-corrected chi connectivity index (χ2v) is 14.4. The van der Waals surface area contributed by atoms with E-state index in [0.29, 0.717) is 18.9 Å². The SMILES string of the molecule is C[C@H]1CC[C@@H]2N(C1)C[C@@H]1[C@H]([C@@H](O)[C@H](O)[C@]3(O)[C@H]1C[C@@]14O[C@@]5(O)[C@@H]([C@@H](O)[C@@H](O)[C@@H]31)[C@]4(C)CC[C@@H]5O)[C@]2(C)O.Cl. The standard InChI is InChI=1S/C27H43NO9.ClH/c1-11-4-5-14-24(3,34)16-12(10-28(14)9-11)13-8-25-21(26(13,35)22(33)17(16)30)19(32)18(31)20-23(25,2)7-6-15(29)27(20,36)37-25;/h11-22,29-36H,4-10H2,1-3H3;1H/t11-,12-,13-,14-,15-,16+,17+,18-,19+,20-,21+,22-,23-,24+,25+,26-,27+;/m0./s1. The minimum Gasteiger partial charge on any atom is -0.390 e. The van der Waals surface area contributed by atoms with Crippen molar-refractivity contribution in [2.75, 3.05) is 13.1 Å². The van der Waals surface area contributed by atoms with E-state index >= 15 is 0 Å². The molecular formula is C27H44ClNO9. The van der Waals surface area contributed by atoms with Gasteiger partial charge in [0.2, 0.25) is 0 Å². The fraction of sp³-hybridized carbons (Fsp3) is 1.00. The Kier molecular flexibility index (Phi) is 5.93. The van der Waals surface area contributed by atoms with E-state index in [2.05, 4.69) is 11.8 Å². The van der Waals surface area contributed by atoms with Crippen LogP contribution in [-0.2, 0) is 4.74 Å². The normalized spacial score (nSPS) is 66.7. The Bertz CT molecular complexity index is 1000. The molecule has 0 amide bonds. The van der Waals surface area contributed by atoms with Crippen molar-refractivity contribution in [2.24, 2.45) is 40.9 Å². The first-order valence-corrected chi connectivity index (χ1v) is 14.2. The molecule has 0 unspecified atom stereocenters. The van der Waals surface area contributed by atoms with Crippen LogP contribution in [-0.4, -0.2) is 118 Å². The first kappa shape index (κ1) is 28.0. The number of aliphatic hydroxyl groups is 8. The average molecular weight is 562 g/mol. The van der Waals surface area contributed by atoms with Crippen LogP contribution < -0.4 is 0 Å². The van der Waals surface area contributed by atoms with E-state index in [9.17, 15) is 40.9 Å². The van der Waals surface area contributed by atoms with Crippen molar-refractivity contribution in [2.45, 2.75) is 112 Å². The van der Waals surface area contributed by atoms with Crippen molar-refractivity contribution in [1.82, 2.24) is 4.90 Å². The summed E-state index contributed by atoms with van der Waals surface area (Å²) in [5, 5.41) is 92.8. The number of hydrogen-bond acceptors (Lipinski definition) is 10. The van der Waals surface area contributed by atoms with Crippen LogP contribution in [0.5, 0.6) is 0 Å². The van der Waals surface area contributed by atoms with Crippen LogP contribution in [0.15, 0.2) is 0 Å². The van der Waals surface area contributed by atoms with Crippen LogP contribution in [0.1, 0.15) is 52.9 Å². The molecule has 218 valence electrons. The summed E-state index contributed by atoms with van der Waals surface area (Å²) in [4.78, 5) is 2.25. The van der Waals surface area contributed by atoms with Crippen LogP contribution in [0.3, 0.4) is 0 Å². The Morgan fingerprint density at radius 1 is 0.842 bits per heavy atom. The van der Waals surface area contributed by atoms with Gasteiger partial charge in [0.25, 0.3) is 0 Å². The molecule has 7 fully saturated rings. The minimum atomic E-state index is -2.10. The Labute approximate surface area is 229 Å². The van der Waals surface area contributed by atoms with Crippen molar-refractivity contribution < 1.29 is 45.6 Å². The summed E-state index contributed by atoms with van der Waals surface area (Å²) in [5.41, 5.74) is -5.58. The lowest BCUT2D eigenvalue weighted by atomic mass is 9.48. The van der Waals surface area contributed by atoms with Crippen molar-refractivity contribution in [1.29, 1.82) is 0 Å². The molecular weight excluding hydrogens is 518 g/mol. The molecule has 7 aliphatic rings. The first-order chi connectivity index (χ1) is 17.2. The summed E-state index contributed by atoms with van der Waals surface area (Å²) in [6.07, 6.45) is -4.91. The monoisotopic (exact) mass is 561 g/mol. The predicted octanol–water partition coefficient (Wildman–Crippen LogP) is -1.42. The van der Waals surface area contributed by atoms with E-state index in [-0.39, 0.29) is 31.3 Å². The molecule has 4 bridgehead atoms. The molecule has 17 atom stereocenters. The van der Waals surface area contributed by atoms with Crippen LogP contribution in [0.2, 0.25) is 0 Å². The van der Waals surface area contributed by atoms with Gasteiger partial charge in [-0.15, -0.1) is 12.4 Å². The highest BCUT2D eigenvalue weighted by Gasteiger charge is 2.88. The Hall–Kier alpha value is -0.110. The van der Waals surface area contributed by atoms with Crippen molar-refractivity contribution >= 4 is 12.4 Å². The summed E-state index contributed by atoms with van der Waals surface area (Å²) in [7, 11) is 0. The number of hydrogen-bond donors (Lipinski definition) is 8. The van der Waals surface area contributed by atoms with Gasteiger partial charge in [-0.3, -0.25) is 4.90 Å². The lowest BCUT2D eigenvalue weighted by Gasteiger charge is -2.63. The molecule has 10 nitrogen and oxygen atoms in total. The summed E-state index contributed by atoms with van der Waals surface area (Å²) in [6.45, 7) is 7.08. The van der Waals surface area contributed by atoms with Gasteiger partial charge in [-0.25, -0.2) is 0 Å². The van der Waals surface area contributed by atoms with E-state index in [1.807, 2.05) is 6.92 Å². The molecule has 0 radical (unpaired) electrons. The number of ether oxygens (including phenoxy) is 1. The first-order valence-electron chi connectivity index (χ1n) is 14.2. The summed E-state index contributed by atoms with van der Waals surface area (Å²) < 4.78 is 6.42.